The Hall–Kier alpha value is -2.18. The molecule has 0 unspecified atom stereocenters. The van der Waals surface area contributed by atoms with E-state index in [9.17, 15) is 4.39 Å². The number of halogens is 1. The van der Waals surface area contributed by atoms with Crippen LogP contribution >= 0.6 is 0 Å². The fourth-order valence-corrected chi connectivity index (χ4v) is 1.23. The van der Waals surface area contributed by atoms with Crippen LogP contribution in [0.15, 0.2) is 24.7 Å². The van der Waals surface area contributed by atoms with Gasteiger partial charge in [0, 0.05) is 18.9 Å². The summed E-state index contributed by atoms with van der Waals surface area (Å²) >= 11 is 0. The third-order valence-corrected chi connectivity index (χ3v) is 1.96. The van der Waals surface area contributed by atoms with E-state index in [4.69, 9.17) is 5.73 Å². The van der Waals surface area contributed by atoms with Gasteiger partial charge < -0.3 is 11.1 Å². The highest BCUT2D eigenvalue weighted by molar-refractivity contribution is 5.38. The molecular formula is C9H11FN6. The molecule has 0 bridgehead atoms. The summed E-state index contributed by atoms with van der Waals surface area (Å²) < 4.78 is 14.9. The SMILES string of the molecule is Nc1ncc(F)c(NCCn2cccn2)n1. The lowest BCUT2D eigenvalue weighted by Gasteiger charge is -2.06. The molecule has 0 atom stereocenters. The van der Waals surface area contributed by atoms with Crippen molar-refractivity contribution < 1.29 is 4.39 Å². The molecule has 0 fully saturated rings. The minimum Gasteiger partial charge on any atom is -0.368 e. The predicted molar refractivity (Wildman–Crippen MR) is 57.1 cm³/mol. The van der Waals surface area contributed by atoms with Crippen LogP contribution in [-0.2, 0) is 6.54 Å². The molecule has 0 saturated carbocycles. The standard InChI is InChI=1S/C9H11FN6/c10-7-6-13-9(11)15-8(7)12-3-5-16-4-1-2-14-16/h1-2,4,6H,3,5H2,(H3,11,12,13,15). The van der Waals surface area contributed by atoms with Crippen LogP contribution in [-0.4, -0.2) is 26.3 Å². The Morgan fingerprint density at radius 1 is 1.50 bits per heavy atom. The largest absolute Gasteiger partial charge is 0.368 e. The number of nitrogen functional groups attached to an aromatic ring is 1. The maximum Gasteiger partial charge on any atom is 0.222 e. The smallest absolute Gasteiger partial charge is 0.222 e. The summed E-state index contributed by atoms with van der Waals surface area (Å²) in [7, 11) is 0. The van der Waals surface area contributed by atoms with Gasteiger partial charge in [-0.15, -0.1) is 0 Å². The van der Waals surface area contributed by atoms with Crippen LogP contribution in [0.3, 0.4) is 0 Å². The first-order valence-electron chi connectivity index (χ1n) is 4.75. The average molecular weight is 222 g/mol. The zero-order chi connectivity index (χ0) is 11.4. The molecule has 16 heavy (non-hydrogen) atoms. The van der Waals surface area contributed by atoms with Gasteiger partial charge >= 0.3 is 0 Å². The summed E-state index contributed by atoms with van der Waals surface area (Å²) in [5.41, 5.74) is 5.35. The lowest BCUT2D eigenvalue weighted by atomic mass is 10.5. The summed E-state index contributed by atoms with van der Waals surface area (Å²) in [5, 5.41) is 6.84. The van der Waals surface area contributed by atoms with Crippen molar-refractivity contribution in [1.82, 2.24) is 19.7 Å². The van der Waals surface area contributed by atoms with E-state index in [0.29, 0.717) is 13.1 Å². The second kappa shape index (κ2) is 4.56. The lowest BCUT2D eigenvalue weighted by Crippen LogP contribution is -2.13. The lowest BCUT2D eigenvalue weighted by molar-refractivity contribution is 0.607. The van der Waals surface area contributed by atoms with Gasteiger partial charge in [-0.05, 0) is 6.07 Å². The van der Waals surface area contributed by atoms with Crippen LogP contribution in [0.25, 0.3) is 0 Å². The fourth-order valence-electron chi connectivity index (χ4n) is 1.23. The van der Waals surface area contributed by atoms with Crippen molar-refractivity contribution in [2.24, 2.45) is 0 Å². The first-order valence-corrected chi connectivity index (χ1v) is 4.75. The summed E-state index contributed by atoms with van der Waals surface area (Å²) in [6, 6.07) is 1.82. The van der Waals surface area contributed by atoms with Crippen molar-refractivity contribution in [3.05, 3.63) is 30.5 Å². The van der Waals surface area contributed by atoms with Crippen molar-refractivity contribution in [3.8, 4) is 0 Å². The minimum absolute atomic E-state index is 0.0444. The molecule has 0 spiro atoms. The molecule has 0 amide bonds. The van der Waals surface area contributed by atoms with Gasteiger partial charge in [-0.2, -0.15) is 10.1 Å². The number of rotatable bonds is 4. The highest BCUT2D eigenvalue weighted by Crippen LogP contribution is 2.09. The highest BCUT2D eigenvalue weighted by atomic mass is 19.1. The summed E-state index contributed by atoms with van der Waals surface area (Å²) in [6.07, 6.45) is 4.55. The van der Waals surface area contributed by atoms with Gasteiger partial charge in [0.05, 0.1) is 12.7 Å². The Kier molecular flexibility index (Phi) is 2.95. The van der Waals surface area contributed by atoms with Gasteiger partial charge in [0.2, 0.25) is 5.95 Å². The third-order valence-electron chi connectivity index (χ3n) is 1.96. The first kappa shape index (κ1) is 10.3. The van der Waals surface area contributed by atoms with E-state index in [-0.39, 0.29) is 11.8 Å². The van der Waals surface area contributed by atoms with Gasteiger partial charge in [0.1, 0.15) is 0 Å². The van der Waals surface area contributed by atoms with Crippen molar-refractivity contribution >= 4 is 11.8 Å². The number of nitrogens with one attached hydrogen (secondary N) is 1. The van der Waals surface area contributed by atoms with E-state index in [0.717, 1.165) is 6.20 Å². The molecule has 2 aromatic heterocycles. The number of hydrogen-bond acceptors (Lipinski definition) is 5. The van der Waals surface area contributed by atoms with Crippen molar-refractivity contribution in [2.45, 2.75) is 6.54 Å². The number of aromatic nitrogens is 4. The third kappa shape index (κ3) is 2.44. The van der Waals surface area contributed by atoms with Crippen LogP contribution < -0.4 is 11.1 Å². The van der Waals surface area contributed by atoms with E-state index < -0.39 is 5.82 Å². The Bertz CT molecular complexity index is 455. The first-order chi connectivity index (χ1) is 7.75. The van der Waals surface area contributed by atoms with Gasteiger partial charge in [-0.25, -0.2) is 9.37 Å². The van der Waals surface area contributed by atoms with Crippen LogP contribution in [0.5, 0.6) is 0 Å². The van der Waals surface area contributed by atoms with Gasteiger partial charge in [0.15, 0.2) is 11.6 Å². The Labute approximate surface area is 91.3 Å². The zero-order valence-corrected chi connectivity index (χ0v) is 8.47. The summed E-state index contributed by atoms with van der Waals surface area (Å²) in [4.78, 5) is 7.27. The maximum atomic E-state index is 13.2. The predicted octanol–water partition coefficient (Wildman–Crippen LogP) is 0.506. The van der Waals surface area contributed by atoms with Crippen LogP contribution in [0.4, 0.5) is 16.2 Å². The van der Waals surface area contributed by atoms with E-state index in [1.165, 1.54) is 0 Å². The molecule has 0 aliphatic rings. The minimum atomic E-state index is -0.519. The van der Waals surface area contributed by atoms with Crippen molar-refractivity contribution in [3.63, 3.8) is 0 Å². The van der Waals surface area contributed by atoms with E-state index in [1.54, 1.807) is 10.9 Å². The van der Waals surface area contributed by atoms with E-state index >= 15 is 0 Å². The second-order valence-corrected chi connectivity index (χ2v) is 3.12. The number of nitrogens with two attached hydrogens (primary N) is 1. The number of anilines is 2. The number of hydrogen-bond donors (Lipinski definition) is 2. The van der Waals surface area contributed by atoms with Crippen LogP contribution in [0.1, 0.15) is 0 Å². The topological polar surface area (TPSA) is 81.6 Å². The molecule has 2 rings (SSSR count). The molecule has 0 saturated heterocycles. The highest BCUT2D eigenvalue weighted by Gasteiger charge is 2.04. The molecule has 0 radical (unpaired) electrons. The quantitative estimate of drug-likeness (QED) is 0.787. The normalized spacial score (nSPS) is 10.3. The average Bonchev–Trinajstić information content (AvgIpc) is 2.76. The molecule has 7 heteroatoms. The van der Waals surface area contributed by atoms with Crippen molar-refractivity contribution in [2.75, 3.05) is 17.6 Å². The molecule has 2 heterocycles. The molecular weight excluding hydrogens is 211 g/mol. The monoisotopic (exact) mass is 222 g/mol. The fraction of sp³-hybridized carbons (Fsp3) is 0.222. The molecule has 0 aliphatic carbocycles. The second-order valence-electron chi connectivity index (χ2n) is 3.12. The van der Waals surface area contributed by atoms with Crippen LogP contribution in [0, 0.1) is 5.82 Å². The van der Waals surface area contributed by atoms with Gasteiger partial charge in [-0.1, -0.05) is 0 Å². The van der Waals surface area contributed by atoms with Crippen LogP contribution in [0.2, 0.25) is 0 Å². The Balaban J connectivity index is 1.92. The Morgan fingerprint density at radius 2 is 2.38 bits per heavy atom. The molecule has 6 nitrogen and oxygen atoms in total. The van der Waals surface area contributed by atoms with E-state index in [1.807, 2.05) is 12.3 Å². The molecule has 3 N–H and O–H groups in total. The van der Waals surface area contributed by atoms with E-state index in [2.05, 4.69) is 20.4 Å². The zero-order valence-electron chi connectivity index (χ0n) is 8.47. The molecule has 84 valence electrons. The number of nitrogens with zero attached hydrogens (tertiary/aromatic N) is 4. The summed E-state index contributed by atoms with van der Waals surface area (Å²) in [6.45, 7) is 1.13. The van der Waals surface area contributed by atoms with Gasteiger partial charge in [0.25, 0.3) is 0 Å². The maximum absolute atomic E-state index is 13.2. The molecule has 0 aliphatic heterocycles. The Morgan fingerprint density at radius 3 is 3.12 bits per heavy atom. The van der Waals surface area contributed by atoms with Gasteiger partial charge in [-0.3, -0.25) is 4.68 Å². The summed E-state index contributed by atoms with van der Waals surface area (Å²) in [5.74, 6) is -0.364. The molecule has 0 aromatic carbocycles. The van der Waals surface area contributed by atoms with Crippen molar-refractivity contribution in [1.29, 1.82) is 0 Å². The molecule has 2 aromatic rings.